The smallest absolute Gasteiger partial charge is 0.163 e. The molecule has 0 saturated carbocycles. The minimum atomic E-state index is 0.0956. The molecule has 0 unspecified atom stereocenters. The van der Waals surface area contributed by atoms with E-state index < -0.39 is 0 Å². The van der Waals surface area contributed by atoms with Gasteiger partial charge in [0.1, 0.15) is 5.75 Å². The van der Waals surface area contributed by atoms with Crippen molar-refractivity contribution in [3.63, 3.8) is 0 Å². The third kappa shape index (κ3) is 3.35. The fourth-order valence-corrected chi connectivity index (χ4v) is 2.01. The number of nitrogens with two attached hydrogens (primary N) is 1. The van der Waals surface area contributed by atoms with Crippen molar-refractivity contribution in [2.45, 2.75) is 12.8 Å². The van der Waals surface area contributed by atoms with Gasteiger partial charge in [0.2, 0.25) is 0 Å². The van der Waals surface area contributed by atoms with Gasteiger partial charge in [0.05, 0.1) is 7.11 Å². The summed E-state index contributed by atoms with van der Waals surface area (Å²) in [6, 6.07) is 14.8. The van der Waals surface area contributed by atoms with Crippen molar-refractivity contribution in [2.24, 2.45) is 0 Å². The maximum absolute atomic E-state index is 12.1. The second kappa shape index (κ2) is 6.05. The summed E-state index contributed by atoms with van der Waals surface area (Å²) in [6.45, 7) is 0. The van der Waals surface area contributed by atoms with Crippen LogP contribution in [-0.2, 0) is 6.42 Å². The first-order valence-electron chi connectivity index (χ1n) is 6.21. The van der Waals surface area contributed by atoms with Crippen LogP contribution in [0.25, 0.3) is 0 Å². The highest BCUT2D eigenvalue weighted by Gasteiger charge is 2.08. The second-order valence-corrected chi connectivity index (χ2v) is 4.36. The molecule has 3 nitrogen and oxygen atoms in total. The van der Waals surface area contributed by atoms with Crippen LogP contribution < -0.4 is 10.5 Å². The monoisotopic (exact) mass is 255 g/mol. The highest BCUT2D eigenvalue weighted by atomic mass is 16.5. The summed E-state index contributed by atoms with van der Waals surface area (Å²) in [4.78, 5) is 12.1. The molecule has 0 aromatic heterocycles. The lowest BCUT2D eigenvalue weighted by atomic mass is 10.0. The molecule has 0 aliphatic carbocycles. The number of hydrogen-bond acceptors (Lipinski definition) is 3. The number of benzene rings is 2. The van der Waals surface area contributed by atoms with Crippen LogP contribution >= 0.6 is 0 Å². The van der Waals surface area contributed by atoms with E-state index in [1.165, 1.54) is 0 Å². The highest BCUT2D eigenvalue weighted by Crippen LogP contribution is 2.20. The lowest BCUT2D eigenvalue weighted by Gasteiger charge is -2.07. The molecule has 0 aliphatic rings. The van der Waals surface area contributed by atoms with E-state index in [-0.39, 0.29) is 5.78 Å². The summed E-state index contributed by atoms with van der Waals surface area (Å²) in [7, 11) is 1.64. The predicted octanol–water partition coefficient (Wildman–Crippen LogP) is 3.09. The van der Waals surface area contributed by atoms with Gasteiger partial charge in [0.25, 0.3) is 0 Å². The van der Waals surface area contributed by atoms with Gasteiger partial charge in [-0.1, -0.05) is 30.3 Å². The summed E-state index contributed by atoms with van der Waals surface area (Å²) < 4.78 is 5.27. The highest BCUT2D eigenvalue weighted by molar-refractivity contribution is 5.96. The number of carbonyl (C=O) groups excluding carboxylic acids is 1. The van der Waals surface area contributed by atoms with E-state index in [0.717, 1.165) is 11.3 Å². The fourth-order valence-electron chi connectivity index (χ4n) is 2.01. The molecule has 19 heavy (non-hydrogen) atoms. The fraction of sp³-hybridized carbons (Fsp3) is 0.188. The third-order valence-electron chi connectivity index (χ3n) is 3.02. The van der Waals surface area contributed by atoms with Gasteiger partial charge in [-0.25, -0.2) is 0 Å². The zero-order valence-electron chi connectivity index (χ0n) is 10.9. The standard InChI is InChI=1S/C16H17NO2/c1-19-16-8-3-2-5-12(16)9-10-15(18)13-6-4-7-14(17)11-13/h2-8,11H,9-10,17H2,1H3. The van der Waals surface area contributed by atoms with Gasteiger partial charge >= 0.3 is 0 Å². The van der Waals surface area contributed by atoms with Gasteiger partial charge in [-0.3, -0.25) is 4.79 Å². The van der Waals surface area contributed by atoms with Gasteiger partial charge in [-0.2, -0.15) is 0 Å². The molecular formula is C16H17NO2. The molecule has 0 heterocycles. The first-order valence-corrected chi connectivity index (χ1v) is 6.21. The third-order valence-corrected chi connectivity index (χ3v) is 3.02. The van der Waals surface area contributed by atoms with E-state index >= 15 is 0 Å². The van der Waals surface area contributed by atoms with E-state index in [9.17, 15) is 4.79 Å². The van der Waals surface area contributed by atoms with Crippen molar-refractivity contribution >= 4 is 11.5 Å². The molecule has 2 N–H and O–H groups in total. The number of anilines is 1. The van der Waals surface area contributed by atoms with E-state index in [0.29, 0.717) is 24.1 Å². The van der Waals surface area contributed by atoms with Crippen LogP contribution in [-0.4, -0.2) is 12.9 Å². The van der Waals surface area contributed by atoms with Crippen LogP contribution in [0, 0.1) is 0 Å². The van der Waals surface area contributed by atoms with Crippen LogP contribution in [0.5, 0.6) is 5.75 Å². The number of aryl methyl sites for hydroxylation is 1. The summed E-state index contributed by atoms with van der Waals surface area (Å²) in [5.41, 5.74) is 8.00. The number of ether oxygens (including phenoxy) is 1. The van der Waals surface area contributed by atoms with Crippen molar-refractivity contribution in [3.8, 4) is 5.75 Å². The topological polar surface area (TPSA) is 52.3 Å². The molecular weight excluding hydrogens is 238 g/mol. The number of para-hydroxylation sites is 1. The van der Waals surface area contributed by atoms with Crippen LogP contribution in [0.1, 0.15) is 22.3 Å². The molecule has 2 aromatic carbocycles. The number of rotatable bonds is 5. The zero-order chi connectivity index (χ0) is 13.7. The number of hydrogen-bond donors (Lipinski definition) is 1. The average Bonchev–Trinajstić information content (AvgIpc) is 2.45. The number of ketones is 1. The molecule has 0 atom stereocenters. The molecule has 0 radical (unpaired) electrons. The molecule has 0 spiro atoms. The minimum absolute atomic E-state index is 0.0956. The maximum Gasteiger partial charge on any atom is 0.163 e. The largest absolute Gasteiger partial charge is 0.496 e. The van der Waals surface area contributed by atoms with Crippen LogP contribution in [0.15, 0.2) is 48.5 Å². The van der Waals surface area contributed by atoms with Crippen molar-refractivity contribution in [1.82, 2.24) is 0 Å². The normalized spacial score (nSPS) is 10.2. The molecule has 0 aliphatic heterocycles. The molecule has 2 rings (SSSR count). The quantitative estimate of drug-likeness (QED) is 0.659. The van der Waals surface area contributed by atoms with E-state index in [4.69, 9.17) is 10.5 Å². The Balaban J connectivity index is 2.04. The van der Waals surface area contributed by atoms with E-state index in [2.05, 4.69) is 0 Å². The number of methoxy groups -OCH3 is 1. The Hall–Kier alpha value is -2.29. The van der Waals surface area contributed by atoms with Gasteiger partial charge in [-0.05, 0) is 30.2 Å². The molecule has 98 valence electrons. The molecule has 0 bridgehead atoms. The van der Waals surface area contributed by atoms with Gasteiger partial charge in [0, 0.05) is 17.7 Å². The van der Waals surface area contributed by atoms with Gasteiger partial charge in [0.15, 0.2) is 5.78 Å². The summed E-state index contributed by atoms with van der Waals surface area (Å²) in [5.74, 6) is 0.918. The van der Waals surface area contributed by atoms with Crippen molar-refractivity contribution in [2.75, 3.05) is 12.8 Å². The molecule has 3 heteroatoms. The van der Waals surface area contributed by atoms with Crippen LogP contribution in [0.3, 0.4) is 0 Å². The van der Waals surface area contributed by atoms with Crippen molar-refractivity contribution < 1.29 is 9.53 Å². The Morgan fingerprint density at radius 2 is 1.95 bits per heavy atom. The Morgan fingerprint density at radius 3 is 2.68 bits per heavy atom. The Kier molecular flexibility index (Phi) is 4.18. The average molecular weight is 255 g/mol. The van der Waals surface area contributed by atoms with Gasteiger partial charge in [-0.15, -0.1) is 0 Å². The summed E-state index contributed by atoms with van der Waals surface area (Å²) in [5, 5.41) is 0. The summed E-state index contributed by atoms with van der Waals surface area (Å²) >= 11 is 0. The lowest BCUT2D eigenvalue weighted by molar-refractivity contribution is 0.0982. The van der Waals surface area contributed by atoms with Crippen molar-refractivity contribution in [1.29, 1.82) is 0 Å². The first-order chi connectivity index (χ1) is 9.20. The molecule has 0 fully saturated rings. The Labute approximate surface area is 113 Å². The van der Waals surface area contributed by atoms with Crippen LogP contribution in [0.2, 0.25) is 0 Å². The molecule has 2 aromatic rings. The van der Waals surface area contributed by atoms with E-state index in [1.54, 1.807) is 31.4 Å². The SMILES string of the molecule is COc1ccccc1CCC(=O)c1cccc(N)c1. The number of Topliss-reactive ketones (excluding diaryl/α,β-unsaturated/α-hetero) is 1. The van der Waals surface area contributed by atoms with Gasteiger partial charge < -0.3 is 10.5 Å². The van der Waals surface area contributed by atoms with Crippen LogP contribution in [0.4, 0.5) is 5.69 Å². The van der Waals surface area contributed by atoms with Crippen molar-refractivity contribution in [3.05, 3.63) is 59.7 Å². The minimum Gasteiger partial charge on any atom is -0.496 e. The maximum atomic E-state index is 12.1. The zero-order valence-corrected chi connectivity index (χ0v) is 10.9. The lowest BCUT2D eigenvalue weighted by Crippen LogP contribution is -2.03. The molecule has 0 saturated heterocycles. The Morgan fingerprint density at radius 1 is 1.16 bits per heavy atom. The predicted molar refractivity (Wildman–Crippen MR) is 76.5 cm³/mol. The summed E-state index contributed by atoms with van der Waals surface area (Å²) in [6.07, 6.45) is 1.11. The molecule has 0 amide bonds. The second-order valence-electron chi connectivity index (χ2n) is 4.36. The first kappa shape index (κ1) is 13.1. The number of carbonyl (C=O) groups is 1. The number of nitrogen functional groups attached to an aromatic ring is 1. The van der Waals surface area contributed by atoms with E-state index in [1.807, 2.05) is 24.3 Å². The Bertz CT molecular complexity index is 578.